The van der Waals surface area contributed by atoms with Gasteiger partial charge in [0.25, 0.3) is 5.69 Å². The number of rotatable bonds is 6. The van der Waals surface area contributed by atoms with E-state index in [9.17, 15) is 10.1 Å². The fraction of sp³-hybridized carbons (Fsp3) is 0.500. The quantitative estimate of drug-likeness (QED) is 0.422. The molecular formula is C12H17NO3. The molecule has 16 heavy (non-hydrogen) atoms. The minimum absolute atomic E-state index is 0.164. The Balaban J connectivity index is 2.56. The first kappa shape index (κ1) is 12.6. The molecule has 0 radical (unpaired) electrons. The van der Waals surface area contributed by atoms with Gasteiger partial charge >= 0.3 is 0 Å². The Kier molecular flexibility index (Phi) is 4.92. The standard InChI is InChI=1S/C12H17NO3/c1-3-4-7-16-9-11-5-6-12(13(14)15)10(2)8-11/h5-6,8H,3-4,7,9H2,1-2H3. The molecule has 88 valence electrons. The van der Waals surface area contributed by atoms with Crippen LogP contribution in [-0.4, -0.2) is 11.5 Å². The molecule has 4 heteroatoms. The zero-order valence-corrected chi connectivity index (χ0v) is 9.73. The van der Waals surface area contributed by atoms with E-state index < -0.39 is 0 Å². The van der Waals surface area contributed by atoms with Gasteiger partial charge in [-0.25, -0.2) is 0 Å². The second-order valence-corrected chi connectivity index (χ2v) is 3.78. The van der Waals surface area contributed by atoms with Crippen molar-refractivity contribution in [2.45, 2.75) is 33.3 Å². The third kappa shape index (κ3) is 3.62. The summed E-state index contributed by atoms with van der Waals surface area (Å²) >= 11 is 0. The van der Waals surface area contributed by atoms with Crippen molar-refractivity contribution in [2.75, 3.05) is 6.61 Å². The number of benzene rings is 1. The van der Waals surface area contributed by atoms with Crippen molar-refractivity contribution < 1.29 is 9.66 Å². The molecule has 0 amide bonds. The van der Waals surface area contributed by atoms with E-state index >= 15 is 0 Å². The summed E-state index contributed by atoms with van der Waals surface area (Å²) in [6.07, 6.45) is 2.16. The number of unbranched alkanes of at least 4 members (excludes halogenated alkanes) is 1. The fourth-order valence-corrected chi connectivity index (χ4v) is 1.45. The summed E-state index contributed by atoms with van der Waals surface area (Å²) < 4.78 is 5.45. The van der Waals surface area contributed by atoms with Gasteiger partial charge in [-0.3, -0.25) is 10.1 Å². The summed E-state index contributed by atoms with van der Waals surface area (Å²) in [4.78, 5) is 10.2. The zero-order valence-electron chi connectivity index (χ0n) is 9.73. The molecule has 0 fully saturated rings. The molecule has 0 spiro atoms. The van der Waals surface area contributed by atoms with Gasteiger partial charge < -0.3 is 4.74 Å². The van der Waals surface area contributed by atoms with Crippen molar-refractivity contribution in [1.29, 1.82) is 0 Å². The van der Waals surface area contributed by atoms with Gasteiger partial charge in [0.05, 0.1) is 11.5 Å². The smallest absolute Gasteiger partial charge is 0.272 e. The average molecular weight is 223 g/mol. The largest absolute Gasteiger partial charge is 0.377 e. The molecule has 0 aromatic heterocycles. The van der Waals surface area contributed by atoms with Gasteiger partial charge in [-0.1, -0.05) is 13.3 Å². The minimum Gasteiger partial charge on any atom is -0.377 e. The van der Waals surface area contributed by atoms with Gasteiger partial charge in [-0.2, -0.15) is 0 Å². The van der Waals surface area contributed by atoms with E-state index in [1.54, 1.807) is 13.0 Å². The first-order valence-corrected chi connectivity index (χ1v) is 5.46. The lowest BCUT2D eigenvalue weighted by molar-refractivity contribution is -0.385. The number of ether oxygens (including phenoxy) is 1. The van der Waals surface area contributed by atoms with Crippen LogP contribution < -0.4 is 0 Å². The van der Waals surface area contributed by atoms with Crippen LogP contribution in [-0.2, 0) is 11.3 Å². The van der Waals surface area contributed by atoms with Crippen molar-refractivity contribution >= 4 is 5.69 Å². The van der Waals surface area contributed by atoms with E-state index in [-0.39, 0.29) is 10.6 Å². The van der Waals surface area contributed by atoms with E-state index in [0.29, 0.717) is 12.2 Å². The molecule has 0 N–H and O–H groups in total. The molecular weight excluding hydrogens is 206 g/mol. The highest BCUT2D eigenvalue weighted by Crippen LogP contribution is 2.19. The third-order valence-electron chi connectivity index (χ3n) is 2.37. The molecule has 1 aromatic carbocycles. The summed E-state index contributed by atoms with van der Waals surface area (Å²) in [5, 5.41) is 10.6. The first-order valence-electron chi connectivity index (χ1n) is 5.46. The summed E-state index contributed by atoms with van der Waals surface area (Å²) in [6, 6.07) is 5.09. The average Bonchev–Trinajstić information content (AvgIpc) is 2.24. The molecule has 0 unspecified atom stereocenters. The second-order valence-electron chi connectivity index (χ2n) is 3.78. The molecule has 0 heterocycles. The lowest BCUT2D eigenvalue weighted by Gasteiger charge is -2.04. The number of hydrogen-bond donors (Lipinski definition) is 0. The van der Waals surface area contributed by atoms with Crippen LogP contribution in [0.15, 0.2) is 18.2 Å². The van der Waals surface area contributed by atoms with Crippen LogP contribution >= 0.6 is 0 Å². The van der Waals surface area contributed by atoms with Gasteiger partial charge in [0, 0.05) is 18.2 Å². The molecule has 1 aromatic rings. The van der Waals surface area contributed by atoms with Crippen LogP contribution in [0.1, 0.15) is 30.9 Å². The molecule has 0 saturated carbocycles. The van der Waals surface area contributed by atoms with Gasteiger partial charge in [-0.05, 0) is 31.0 Å². The molecule has 0 aliphatic heterocycles. The van der Waals surface area contributed by atoms with Crippen molar-refractivity contribution in [1.82, 2.24) is 0 Å². The van der Waals surface area contributed by atoms with Crippen LogP contribution in [0, 0.1) is 17.0 Å². The molecule has 0 aliphatic rings. The van der Waals surface area contributed by atoms with Crippen molar-refractivity contribution in [2.24, 2.45) is 0 Å². The zero-order chi connectivity index (χ0) is 12.0. The maximum atomic E-state index is 10.6. The summed E-state index contributed by atoms with van der Waals surface area (Å²) in [6.45, 7) is 5.12. The lowest BCUT2D eigenvalue weighted by Crippen LogP contribution is -1.97. The maximum absolute atomic E-state index is 10.6. The monoisotopic (exact) mass is 223 g/mol. The van der Waals surface area contributed by atoms with Crippen LogP contribution in [0.2, 0.25) is 0 Å². The molecule has 4 nitrogen and oxygen atoms in total. The highest BCUT2D eigenvalue weighted by Gasteiger charge is 2.09. The van der Waals surface area contributed by atoms with E-state index in [4.69, 9.17) is 4.74 Å². The van der Waals surface area contributed by atoms with Gasteiger partial charge in [0.15, 0.2) is 0 Å². The van der Waals surface area contributed by atoms with E-state index in [1.165, 1.54) is 6.07 Å². The Hall–Kier alpha value is -1.42. The van der Waals surface area contributed by atoms with Gasteiger partial charge in [0.2, 0.25) is 0 Å². The number of aryl methyl sites for hydroxylation is 1. The maximum Gasteiger partial charge on any atom is 0.272 e. The topological polar surface area (TPSA) is 52.4 Å². The predicted octanol–water partition coefficient (Wildman–Crippen LogP) is 3.22. The highest BCUT2D eigenvalue weighted by molar-refractivity contribution is 5.41. The van der Waals surface area contributed by atoms with E-state index in [1.807, 2.05) is 6.07 Å². The molecule has 0 bridgehead atoms. The van der Waals surface area contributed by atoms with Crippen LogP contribution in [0.25, 0.3) is 0 Å². The third-order valence-corrected chi connectivity index (χ3v) is 2.37. The first-order chi connectivity index (χ1) is 7.65. The SMILES string of the molecule is CCCCOCc1ccc([N+](=O)[O-])c(C)c1. The van der Waals surface area contributed by atoms with Crippen LogP contribution in [0.5, 0.6) is 0 Å². The number of nitro benzene ring substituents is 1. The number of hydrogen-bond acceptors (Lipinski definition) is 3. The minimum atomic E-state index is -0.364. The van der Waals surface area contributed by atoms with Gasteiger partial charge in [0.1, 0.15) is 0 Å². The normalized spacial score (nSPS) is 10.4. The van der Waals surface area contributed by atoms with Gasteiger partial charge in [-0.15, -0.1) is 0 Å². The lowest BCUT2D eigenvalue weighted by atomic mass is 10.1. The van der Waals surface area contributed by atoms with Crippen LogP contribution in [0.3, 0.4) is 0 Å². The number of nitrogens with zero attached hydrogens (tertiary/aromatic N) is 1. The summed E-state index contributed by atoms with van der Waals surface area (Å²) in [5.74, 6) is 0. The van der Waals surface area contributed by atoms with Crippen molar-refractivity contribution in [3.05, 3.63) is 39.4 Å². The Morgan fingerprint density at radius 3 is 2.75 bits per heavy atom. The Bertz CT molecular complexity index is 363. The molecule has 0 atom stereocenters. The Labute approximate surface area is 95.4 Å². The fourth-order valence-electron chi connectivity index (χ4n) is 1.45. The summed E-state index contributed by atoms with van der Waals surface area (Å²) in [5.41, 5.74) is 1.83. The summed E-state index contributed by atoms with van der Waals surface area (Å²) in [7, 11) is 0. The Morgan fingerprint density at radius 2 is 2.19 bits per heavy atom. The number of nitro groups is 1. The predicted molar refractivity (Wildman–Crippen MR) is 62.4 cm³/mol. The molecule has 0 saturated heterocycles. The Morgan fingerprint density at radius 1 is 1.44 bits per heavy atom. The van der Waals surface area contributed by atoms with Crippen LogP contribution in [0.4, 0.5) is 5.69 Å². The molecule has 1 rings (SSSR count). The van der Waals surface area contributed by atoms with E-state index in [2.05, 4.69) is 6.92 Å². The van der Waals surface area contributed by atoms with E-state index in [0.717, 1.165) is 25.0 Å². The molecule has 0 aliphatic carbocycles. The van der Waals surface area contributed by atoms with Crippen molar-refractivity contribution in [3.63, 3.8) is 0 Å². The highest BCUT2D eigenvalue weighted by atomic mass is 16.6. The second kappa shape index (κ2) is 6.23. The van der Waals surface area contributed by atoms with Crippen molar-refractivity contribution in [3.8, 4) is 0 Å².